The van der Waals surface area contributed by atoms with Crippen molar-refractivity contribution in [2.75, 3.05) is 0 Å². The van der Waals surface area contributed by atoms with Crippen LogP contribution < -0.4 is 10.9 Å². The summed E-state index contributed by atoms with van der Waals surface area (Å²) in [6, 6.07) is 4.04. The van der Waals surface area contributed by atoms with E-state index in [2.05, 4.69) is 42.1 Å². The minimum Gasteiger partial charge on any atom is -0.348 e. The van der Waals surface area contributed by atoms with Crippen molar-refractivity contribution in [1.29, 1.82) is 0 Å². The van der Waals surface area contributed by atoms with E-state index in [1.165, 1.54) is 16.9 Å². The maximum atomic E-state index is 12.7. The monoisotopic (exact) mass is 429 g/mol. The number of carbonyl (C=O) groups is 1. The molecule has 1 aliphatic carbocycles. The zero-order valence-corrected chi connectivity index (χ0v) is 18.8. The number of rotatable bonds is 5. The van der Waals surface area contributed by atoms with Crippen molar-refractivity contribution >= 4 is 38.8 Å². The van der Waals surface area contributed by atoms with E-state index in [4.69, 9.17) is 0 Å². The molecule has 5 nitrogen and oxygen atoms in total. The minimum absolute atomic E-state index is 0.0217. The Morgan fingerprint density at radius 1 is 1.31 bits per heavy atom. The first-order valence-corrected chi connectivity index (χ1v) is 11.9. The Balaban J connectivity index is 1.48. The summed E-state index contributed by atoms with van der Waals surface area (Å²) in [5, 5.41) is 5.97. The fourth-order valence-corrected chi connectivity index (χ4v) is 6.26. The molecule has 1 amide bonds. The predicted octanol–water partition coefficient (Wildman–Crippen LogP) is 4.76. The van der Waals surface area contributed by atoms with Crippen LogP contribution in [0.4, 0.5) is 0 Å². The van der Waals surface area contributed by atoms with Gasteiger partial charge in [-0.1, -0.05) is 26.8 Å². The number of carbonyl (C=O) groups excluding carboxylic acids is 1. The van der Waals surface area contributed by atoms with Crippen LogP contribution in [0.15, 0.2) is 22.3 Å². The summed E-state index contributed by atoms with van der Waals surface area (Å²) >= 11 is 3.30. The van der Waals surface area contributed by atoms with Crippen molar-refractivity contribution in [3.8, 4) is 0 Å². The molecule has 29 heavy (non-hydrogen) atoms. The van der Waals surface area contributed by atoms with Crippen molar-refractivity contribution in [1.82, 2.24) is 15.3 Å². The lowest BCUT2D eigenvalue weighted by Crippen LogP contribution is -2.36. The molecule has 0 aliphatic heterocycles. The molecule has 4 rings (SSSR count). The SMILES string of the molecule is CC(C)(C)C(NC(=O)CCc1nc2sc3c(c2c(=O)[nH]1)CCCC3)c1cccs1. The molecule has 0 fully saturated rings. The van der Waals surface area contributed by atoms with Gasteiger partial charge in [0.1, 0.15) is 10.7 Å². The van der Waals surface area contributed by atoms with Crippen LogP contribution in [0, 0.1) is 5.41 Å². The molecule has 3 aromatic rings. The van der Waals surface area contributed by atoms with Gasteiger partial charge in [-0.3, -0.25) is 9.59 Å². The Morgan fingerprint density at radius 3 is 2.83 bits per heavy atom. The quantitative estimate of drug-likeness (QED) is 0.614. The van der Waals surface area contributed by atoms with Gasteiger partial charge in [-0.15, -0.1) is 22.7 Å². The van der Waals surface area contributed by atoms with E-state index in [1.54, 1.807) is 22.7 Å². The van der Waals surface area contributed by atoms with Crippen LogP contribution in [0.3, 0.4) is 0 Å². The number of hydrogen-bond acceptors (Lipinski definition) is 5. The molecule has 3 aromatic heterocycles. The van der Waals surface area contributed by atoms with Crippen LogP contribution in [-0.2, 0) is 24.1 Å². The maximum absolute atomic E-state index is 12.7. The van der Waals surface area contributed by atoms with E-state index in [1.807, 2.05) is 11.4 Å². The fraction of sp³-hybridized carbons (Fsp3) is 0.500. The third-order valence-electron chi connectivity index (χ3n) is 5.46. The van der Waals surface area contributed by atoms with Gasteiger partial charge >= 0.3 is 0 Å². The van der Waals surface area contributed by atoms with Crippen LogP contribution in [-0.4, -0.2) is 15.9 Å². The molecule has 7 heteroatoms. The number of H-pyrrole nitrogens is 1. The molecule has 1 atom stereocenters. The summed E-state index contributed by atoms with van der Waals surface area (Å²) in [5.74, 6) is 0.575. The first kappa shape index (κ1) is 20.3. The summed E-state index contributed by atoms with van der Waals surface area (Å²) in [4.78, 5) is 36.2. The first-order valence-electron chi connectivity index (χ1n) is 10.2. The molecule has 0 spiro atoms. The zero-order chi connectivity index (χ0) is 20.6. The highest BCUT2D eigenvalue weighted by Crippen LogP contribution is 2.35. The third-order valence-corrected chi connectivity index (χ3v) is 7.58. The molecule has 0 saturated heterocycles. The number of thiophene rings is 2. The van der Waals surface area contributed by atoms with Gasteiger partial charge in [0, 0.05) is 22.6 Å². The van der Waals surface area contributed by atoms with Gasteiger partial charge in [-0.25, -0.2) is 4.98 Å². The van der Waals surface area contributed by atoms with Gasteiger partial charge in [0.15, 0.2) is 0 Å². The molecule has 0 saturated carbocycles. The lowest BCUT2D eigenvalue weighted by molar-refractivity contribution is -0.122. The summed E-state index contributed by atoms with van der Waals surface area (Å²) < 4.78 is 0. The maximum Gasteiger partial charge on any atom is 0.259 e. The standard InChI is InChI=1S/C22H27N3O2S2/c1-22(2,3)19(15-9-6-12-28-15)25-17(26)11-10-16-23-20(27)18-13-7-4-5-8-14(13)29-21(18)24-16/h6,9,12,19H,4-5,7-8,10-11H2,1-3H3,(H,25,26)(H,23,24,27). The van der Waals surface area contributed by atoms with Crippen molar-refractivity contribution in [2.45, 2.75) is 65.3 Å². The number of nitrogens with one attached hydrogen (secondary N) is 2. The van der Waals surface area contributed by atoms with E-state index in [0.29, 0.717) is 18.7 Å². The van der Waals surface area contributed by atoms with Crippen molar-refractivity contribution in [2.24, 2.45) is 5.41 Å². The largest absolute Gasteiger partial charge is 0.348 e. The molecule has 0 aromatic carbocycles. The predicted molar refractivity (Wildman–Crippen MR) is 120 cm³/mol. The molecule has 3 heterocycles. The average molecular weight is 430 g/mol. The second kappa shape index (κ2) is 8.03. The molecule has 0 radical (unpaired) electrons. The number of nitrogens with zero attached hydrogens (tertiary/aromatic N) is 1. The Bertz CT molecular complexity index is 1070. The van der Waals surface area contributed by atoms with Crippen LogP contribution in [0.2, 0.25) is 0 Å². The molecular weight excluding hydrogens is 402 g/mol. The second-order valence-corrected chi connectivity index (χ2v) is 10.8. The number of aryl methyl sites for hydroxylation is 3. The normalized spacial score (nSPS) is 15.3. The van der Waals surface area contributed by atoms with Gasteiger partial charge in [-0.05, 0) is 48.1 Å². The highest BCUT2D eigenvalue weighted by molar-refractivity contribution is 7.18. The van der Waals surface area contributed by atoms with Crippen molar-refractivity contribution in [3.05, 3.63) is 49.0 Å². The van der Waals surface area contributed by atoms with E-state index in [9.17, 15) is 9.59 Å². The highest BCUT2D eigenvalue weighted by atomic mass is 32.1. The number of aromatic amines is 1. The molecular formula is C22H27N3O2S2. The van der Waals surface area contributed by atoms with Crippen molar-refractivity contribution in [3.63, 3.8) is 0 Å². The lowest BCUT2D eigenvalue weighted by Gasteiger charge is -2.30. The number of hydrogen-bond donors (Lipinski definition) is 2. The summed E-state index contributed by atoms with van der Waals surface area (Å²) in [6.45, 7) is 6.38. The van der Waals surface area contributed by atoms with Crippen LogP contribution in [0.25, 0.3) is 10.2 Å². The Morgan fingerprint density at radius 2 is 2.10 bits per heavy atom. The van der Waals surface area contributed by atoms with Gasteiger partial charge in [0.25, 0.3) is 5.56 Å². The first-order chi connectivity index (χ1) is 13.8. The van der Waals surface area contributed by atoms with E-state index < -0.39 is 0 Å². The van der Waals surface area contributed by atoms with Crippen molar-refractivity contribution < 1.29 is 4.79 Å². The van der Waals surface area contributed by atoms with Crippen LogP contribution in [0.1, 0.15) is 67.2 Å². The summed E-state index contributed by atoms with van der Waals surface area (Å²) in [6.07, 6.45) is 5.07. The smallest absolute Gasteiger partial charge is 0.259 e. The van der Waals surface area contributed by atoms with Gasteiger partial charge < -0.3 is 10.3 Å². The van der Waals surface area contributed by atoms with Gasteiger partial charge in [0.05, 0.1) is 11.4 Å². The number of fused-ring (bicyclic) bond motifs is 3. The molecule has 0 bridgehead atoms. The number of amides is 1. The second-order valence-electron chi connectivity index (χ2n) is 8.79. The van der Waals surface area contributed by atoms with Gasteiger partial charge in [-0.2, -0.15) is 0 Å². The topological polar surface area (TPSA) is 74.8 Å². The number of aromatic nitrogens is 2. The summed E-state index contributed by atoms with van der Waals surface area (Å²) in [5.41, 5.74) is 1.05. The molecule has 154 valence electrons. The third kappa shape index (κ3) is 4.31. The molecule has 1 aliphatic rings. The van der Waals surface area contributed by atoms with E-state index in [0.717, 1.165) is 34.4 Å². The zero-order valence-electron chi connectivity index (χ0n) is 17.1. The minimum atomic E-state index is -0.0813. The Kier molecular flexibility index (Phi) is 5.62. The highest BCUT2D eigenvalue weighted by Gasteiger charge is 2.28. The van der Waals surface area contributed by atoms with E-state index in [-0.39, 0.29) is 22.9 Å². The Hall–Kier alpha value is -1.99. The summed E-state index contributed by atoms with van der Waals surface area (Å²) in [7, 11) is 0. The van der Waals surface area contributed by atoms with Crippen LogP contribution >= 0.6 is 22.7 Å². The fourth-order valence-electron chi connectivity index (χ4n) is 3.96. The van der Waals surface area contributed by atoms with E-state index >= 15 is 0 Å². The van der Waals surface area contributed by atoms with Gasteiger partial charge in [0.2, 0.25) is 5.91 Å². The average Bonchev–Trinajstić information content (AvgIpc) is 3.31. The lowest BCUT2D eigenvalue weighted by atomic mass is 9.85. The van der Waals surface area contributed by atoms with Crippen LogP contribution in [0.5, 0.6) is 0 Å². The molecule has 1 unspecified atom stereocenters. The Labute approximate surface area is 178 Å². The molecule has 2 N–H and O–H groups in total.